The Bertz CT molecular complexity index is 508. The summed E-state index contributed by atoms with van der Waals surface area (Å²) in [4.78, 5) is 8.09. The van der Waals surface area contributed by atoms with Crippen molar-refractivity contribution in [1.82, 2.24) is 9.97 Å². The van der Waals surface area contributed by atoms with Crippen LogP contribution in [-0.2, 0) is 0 Å². The largest absolute Gasteiger partial charge is 0.383 e. The summed E-state index contributed by atoms with van der Waals surface area (Å²) in [6, 6.07) is 3.52. The maximum Gasteiger partial charge on any atom is 0.143 e. The summed E-state index contributed by atoms with van der Waals surface area (Å²) in [6.07, 6.45) is 1.60. The van der Waals surface area contributed by atoms with Crippen LogP contribution in [0.4, 0.5) is 5.82 Å². The minimum Gasteiger partial charge on any atom is -0.383 e. The van der Waals surface area contributed by atoms with Crippen molar-refractivity contribution in [3.63, 3.8) is 0 Å². The number of hydrogen-bond donors (Lipinski definition) is 2. The highest BCUT2D eigenvalue weighted by Crippen LogP contribution is 2.19. The molecule has 3 N–H and O–H groups in total. The van der Waals surface area contributed by atoms with Crippen molar-refractivity contribution in [2.45, 2.75) is 0 Å². The Kier molecular flexibility index (Phi) is 2.79. The first-order valence-corrected chi connectivity index (χ1v) is 5.76. The third-order valence-electron chi connectivity index (χ3n) is 1.80. The standard InChI is InChI=1S/C9H7BrN4S/c10-6-4-15-9(14-6)7(11)5-2-1-3-13-8(5)12/h1-4,11H,(H2,12,13). The molecule has 2 heterocycles. The third kappa shape index (κ3) is 2.05. The lowest BCUT2D eigenvalue weighted by Gasteiger charge is -2.02. The number of anilines is 1. The fourth-order valence-electron chi connectivity index (χ4n) is 1.11. The van der Waals surface area contributed by atoms with E-state index in [-0.39, 0.29) is 0 Å². The van der Waals surface area contributed by atoms with Crippen molar-refractivity contribution in [2.24, 2.45) is 0 Å². The Hall–Kier alpha value is -1.27. The van der Waals surface area contributed by atoms with Crippen LogP contribution in [0.25, 0.3) is 0 Å². The molecule has 4 nitrogen and oxygen atoms in total. The molecule has 2 rings (SSSR count). The summed E-state index contributed by atoms with van der Waals surface area (Å²) in [5.41, 5.74) is 6.59. The molecule has 6 heteroatoms. The van der Waals surface area contributed by atoms with Crippen LogP contribution in [0, 0.1) is 5.41 Å². The topological polar surface area (TPSA) is 75.7 Å². The molecule has 15 heavy (non-hydrogen) atoms. The summed E-state index contributed by atoms with van der Waals surface area (Å²) in [5.74, 6) is 0.355. The van der Waals surface area contributed by atoms with E-state index in [4.69, 9.17) is 11.1 Å². The smallest absolute Gasteiger partial charge is 0.143 e. The Labute approximate surface area is 98.8 Å². The number of nitrogens with one attached hydrogen (secondary N) is 1. The van der Waals surface area contributed by atoms with Gasteiger partial charge in [-0.15, -0.1) is 11.3 Å². The number of halogens is 1. The van der Waals surface area contributed by atoms with Gasteiger partial charge in [-0.25, -0.2) is 9.97 Å². The molecular formula is C9H7BrN4S. The first-order chi connectivity index (χ1) is 7.18. The lowest BCUT2D eigenvalue weighted by Crippen LogP contribution is -2.06. The first kappa shape index (κ1) is 10.3. The van der Waals surface area contributed by atoms with Crippen molar-refractivity contribution >= 4 is 38.8 Å². The van der Waals surface area contributed by atoms with Crippen LogP contribution >= 0.6 is 27.3 Å². The fourth-order valence-corrected chi connectivity index (χ4v) is 2.33. The molecular weight excluding hydrogens is 276 g/mol. The van der Waals surface area contributed by atoms with Crippen molar-refractivity contribution < 1.29 is 0 Å². The Morgan fingerprint density at radius 1 is 1.53 bits per heavy atom. The van der Waals surface area contributed by atoms with E-state index in [1.54, 1.807) is 18.3 Å². The molecule has 0 aliphatic heterocycles. The first-order valence-electron chi connectivity index (χ1n) is 4.09. The minimum atomic E-state index is 0.302. The number of nitrogens with zero attached hydrogens (tertiary/aromatic N) is 2. The highest BCUT2D eigenvalue weighted by atomic mass is 79.9. The molecule has 0 bridgehead atoms. The second-order valence-corrected chi connectivity index (χ2v) is 4.46. The van der Waals surface area contributed by atoms with Crippen LogP contribution in [0.2, 0.25) is 0 Å². The molecule has 0 saturated carbocycles. The normalized spacial score (nSPS) is 10.2. The van der Waals surface area contributed by atoms with E-state index < -0.39 is 0 Å². The summed E-state index contributed by atoms with van der Waals surface area (Å²) in [7, 11) is 0. The van der Waals surface area contributed by atoms with Gasteiger partial charge in [0.15, 0.2) is 0 Å². The maximum atomic E-state index is 7.93. The molecule has 0 aliphatic carbocycles. The number of thiazole rings is 1. The monoisotopic (exact) mass is 282 g/mol. The van der Waals surface area contributed by atoms with Gasteiger partial charge in [-0.2, -0.15) is 0 Å². The molecule has 0 atom stereocenters. The van der Waals surface area contributed by atoms with Crippen LogP contribution in [0.3, 0.4) is 0 Å². The number of aromatic nitrogens is 2. The zero-order valence-electron chi connectivity index (χ0n) is 7.57. The maximum absolute atomic E-state index is 7.93. The van der Waals surface area contributed by atoms with Gasteiger partial charge in [-0.3, -0.25) is 5.41 Å². The van der Waals surface area contributed by atoms with Crippen LogP contribution in [0.15, 0.2) is 28.3 Å². The summed E-state index contributed by atoms with van der Waals surface area (Å²) in [6.45, 7) is 0. The van der Waals surface area contributed by atoms with Crippen LogP contribution in [0.5, 0.6) is 0 Å². The highest BCUT2D eigenvalue weighted by molar-refractivity contribution is 9.10. The summed E-state index contributed by atoms with van der Waals surface area (Å²) in [5, 5.41) is 10.4. The van der Waals surface area contributed by atoms with Gasteiger partial charge >= 0.3 is 0 Å². The van der Waals surface area contributed by atoms with Crippen molar-refractivity contribution in [3.05, 3.63) is 38.9 Å². The molecule has 0 fully saturated rings. The molecule has 0 unspecified atom stereocenters. The van der Waals surface area contributed by atoms with E-state index in [9.17, 15) is 0 Å². The van der Waals surface area contributed by atoms with Crippen molar-refractivity contribution in [3.8, 4) is 0 Å². The Balaban J connectivity index is 2.41. The predicted molar refractivity (Wildman–Crippen MR) is 64.4 cm³/mol. The lowest BCUT2D eigenvalue weighted by atomic mass is 10.1. The molecule has 0 aliphatic rings. The van der Waals surface area contributed by atoms with Gasteiger partial charge in [0.2, 0.25) is 0 Å². The van der Waals surface area contributed by atoms with Crippen molar-refractivity contribution in [1.29, 1.82) is 5.41 Å². The molecule has 2 aromatic rings. The van der Waals surface area contributed by atoms with Gasteiger partial charge in [-0.05, 0) is 28.1 Å². The zero-order chi connectivity index (χ0) is 10.8. The number of nitrogens with two attached hydrogens (primary N) is 1. The van der Waals surface area contributed by atoms with E-state index >= 15 is 0 Å². The Morgan fingerprint density at radius 3 is 2.93 bits per heavy atom. The van der Waals surface area contributed by atoms with Crippen LogP contribution < -0.4 is 5.73 Å². The molecule has 0 radical (unpaired) electrons. The average molecular weight is 283 g/mol. The molecule has 0 amide bonds. The van der Waals surface area contributed by atoms with E-state index in [0.717, 1.165) is 4.60 Å². The summed E-state index contributed by atoms with van der Waals surface area (Å²) < 4.78 is 0.731. The van der Waals surface area contributed by atoms with Gasteiger partial charge in [-0.1, -0.05) is 0 Å². The molecule has 0 saturated heterocycles. The van der Waals surface area contributed by atoms with E-state index in [0.29, 0.717) is 22.1 Å². The summed E-state index contributed by atoms with van der Waals surface area (Å²) >= 11 is 4.64. The molecule has 0 spiro atoms. The fraction of sp³-hybridized carbons (Fsp3) is 0. The van der Waals surface area contributed by atoms with Gasteiger partial charge in [0.1, 0.15) is 21.1 Å². The molecule has 76 valence electrons. The van der Waals surface area contributed by atoms with E-state index in [2.05, 4.69) is 25.9 Å². The minimum absolute atomic E-state index is 0.302. The second-order valence-electron chi connectivity index (χ2n) is 2.79. The second kappa shape index (κ2) is 4.08. The Morgan fingerprint density at radius 2 is 2.33 bits per heavy atom. The van der Waals surface area contributed by atoms with E-state index in [1.807, 2.05) is 5.38 Å². The lowest BCUT2D eigenvalue weighted by molar-refractivity contribution is 1.29. The van der Waals surface area contributed by atoms with Crippen LogP contribution in [0.1, 0.15) is 10.6 Å². The predicted octanol–water partition coefficient (Wildman–Crippen LogP) is 2.30. The van der Waals surface area contributed by atoms with Gasteiger partial charge in [0.25, 0.3) is 0 Å². The molecule has 0 aromatic carbocycles. The number of pyridine rings is 1. The third-order valence-corrected chi connectivity index (χ3v) is 3.37. The van der Waals surface area contributed by atoms with Gasteiger partial charge in [0, 0.05) is 17.1 Å². The number of hydrogen-bond acceptors (Lipinski definition) is 5. The van der Waals surface area contributed by atoms with Crippen molar-refractivity contribution in [2.75, 3.05) is 5.73 Å². The average Bonchev–Trinajstić information content (AvgIpc) is 2.65. The van der Waals surface area contributed by atoms with Gasteiger partial charge < -0.3 is 5.73 Å². The SMILES string of the molecule is N=C(c1nc(Br)cs1)c1cccnc1N. The quantitative estimate of drug-likeness (QED) is 0.830. The van der Waals surface area contributed by atoms with Crippen LogP contribution in [-0.4, -0.2) is 15.7 Å². The van der Waals surface area contributed by atoms with E-state index in [1.165, 1.54) is 11.3 Å². The highest BCUT2D eigenvalue weighted by Gasteiger charge is 2.11. The zero-order valence-corrected chi connectivity index (χ0v) is 9.97. The number of nitrogen functional groups attached to an aromatic ring is 1. The van der Waals surface area contributed by atoms with Gasteiger partial charge in [0.05, 0.1) is 0 Å². The number of rotatable bonds is 2. The molecule has 2 aromatic heterocycles.